The van der Waals surface area contributed by atoms with Crippen LogP contribution in [0, 0.1) is 5.82 Å². The summed E-state index contributed by atoms with van der Waals surface area (Å²) in [4.78, 5) is 35.9. The molecule has 8 nitrogen and oxygen atoms in total. The van der Waals surface area contributed by atoms with Crippen molar-refractivity contribution in [1.82, 2.24) is 9.97 Å². The van der Waals surface area contributed by atoms with E-state index in [1.165, 1.54) is 42.4 Å². The Kier molecular flexibility index (Phi) is 5.08. The molecule has 0 unspecified atom stereocenters. The Bertz CT molecular complexity index is 951. The molecule has 0 saturated heterocycles. The molecule has 27 heavy (non-hydrogen) atoms. The van der Waals surface area contributed by atoms with Crippen LogP contribution in [-0.2, 0) is 5.54 Å². The highest BCUT2D eigenvalue weighted by atomic mass is 32.2. The fraction of sp³-hybridized carbons (Fsp3) is 0.235. The van der Waals surface area contributed by atoms with Gasteiger partial charge in [0.2, 0.25) is 0 Å². The van der Waals surface area contributed by atoms with Crippen molar-refractivity contribution in [2.75, 3.05) is 11.1 Å². The van der Waals surface area contributed by atoms with E-state index >= 15 is 0 Å². The molecule has 2 aromatic rings. The number of rotatable bonds is 4. The van der Waals surface area contributed by atoms with Crippen LogP contribution in [0.15, 0.2) is 35.6 Å². The number of benzene rings is 1. The van der Waals surface area contributed by atoms with Gasteiger partial charge in [0.15, 0.2) is 16.6 Å². The number of primary amides is 1. The van der Waals surface area contributed by atoms with Gasteiger partial charge < -0.3 is 16.8 Å². The first-order chi connectivity index (χ1) is 12.8. The largest absolute Gasteiger partial charge is 0.379 e. The molecule has 1 aromatic carbocycles. The predicted molar refractivity (Wildman–Crippen MR) is 101 cm³/mol. The first kappa shape index (κ1) is 18.8. The van der Waals surface area contributed by atoms with Crippen molar-refractivity contribution in [3.63, 3.8) is 0 Å². The molecule has 1 aliphatic heterocycles. The normalized spacial score (nSPS) is 19.3. The number of halogens is 1. The lowest BCUT2D eigenvalue weighted by atomic mass is 9.89. The predicted octanol–water partition coefficient (Wildman–Crippen LogP) is 1.63. The molecule has 0 aliphatic carbocycles. The van der Waals surface area contributed by atoms with Crippen molar-refractivity contribution >= 4 is 34.4 Å². The second kappa shape index (κ2) is 7.31. The Labute approximate surface area is 158 Å². The van der Waals surface area contributed by atoms with E-state index in [0.717, 1.165) is 0 Å². The van der Waals surface area contributed by atoms with Crippen LogP contribution in [0.5, 0.6) is 0 Å². The third kappa shape index (κ3) is 3.90. The van der Waals surface area contributed by atoms with E-state index in [0.29, 0.717) is 28.6 Å². The lowest BCUT2D eigenvalue weighted by molar-refractivity contribution is 0.0969. The zero-order valence-electron chi connectivity index (χ0n) is 14.4. The van der Waals surface area contributed by atoms with Crippen molar-refractivity contribution in [3.8, 4) is 0 Å². The molecule has 2 heterocycles. The third-order valence-electron chi connectivity index (χ3n) is 4.15. The number of hydrogen-bond acceptors (Lipinski definition) is 7. The molecule has 1 aliphatic rings. The standard InChI is InChI=1S/C17H17FN6O2S/c1-17(4-7-27-16(20)24-17)10-8-9(2-3-11(10)18)23-15(26)13-12(14(19)25)21-5-6-22-13/h2-3,5-6,8H,4,7H2,1H3,(H2,19,25)(H2,20,24)(H,23,26)/t17-/m0/s1. The molecule has 1 atom stereocenters. The molecular weight excluding hydrogens is 371 g/mol. The van der Waals surface area contributed by atoms with Gasteiger partial charge in [-0.2, -0.15) is 0 Å². The highest BCUT2D eigenvalue weighted by Gasteiger charge is 2.32. The summed E-state index contributed by atoms with van der Waals surface area (Å²) in [5.74, 6) is -1.29. The summed E-state index contributed by atoms with van der Waals surface area (Å²) in [6.07, 6.45) is 3.13. The van der Waals surface area contributed by atoms with Gasteiger partial charge in [0, 0.05) is 29.4 Å². The molecule has 10 heteroatoms. The van der Waals surface area contributed by atoms with Gasteiger partial charge in [-0.25, -0.2) is 14.4 Å². The van der Waals surface area contributed by atoms with E-state index in [4.69, 9.17) is 11.5 Å². The zero-order valence-corrected chi connectivity index (χ0v) is 15.2. The molecule has 0 spiro atoms. The Hall–Kier alpha value is -3.01. The van der Waals surface area contributed by atoms with Gasteiger partial charge in [-0.3, -0.25) is 14.6 Å². The Morgan fingerprint density at radius 3 is 2.63 bits per heavy atom. The van der Waals surface area contributed by atoms with Gasteiger partial charge in [0.25, 0.3) is 11.8 Å². The van der Waals surface area contributed by atoms with Gasteiger partial charge in [-0.15, -0.1) is 0 Å². The van der Waals surface area contributed by atoms with E-state index in [9.17, 15) is 14.0 Å². The fourth-order valence-corrected chi connectivity index (χ4v) is 3.75. The van der Waals surface area contributed by atoms with Crippen LogP contribution in [0.1, 0.15) is 39.9 Å². The van der Waals surface area contributed by atoms with Crippen LogP contribution in [0.2, 0.25) is 0 Å². The van der Waals surface area contributed by atoms with Crippen molar-refractivity contribution in [3.05, 3.63) is 53.4 Å². The number of thioether (sulfide) groups is 1. The maximum atomic E-state index is 14.4. The van der Waals surface area contributed by atoms with Crippen molar-refractivity contribution in [2.45, 2.75) is 18.9 Å². The molecule has 5 N–H and O–H groups in total. The van der Waals surface area contributed by atoms with E-state index < -0.39 is 23.2 Å². The van der Waals surface area contributed by atoms with E-state index in [-0.39, 0.29) is 11.4 Å². The van der Waals surface area contributed by atoms with Gasteiger partial charge in [-0.05, 0) is 31.5 Å². The summed E-state index contributed by atoms with van der Waals surface area (Å²) >= 11 is 1.41. The number of nitrogens with zero attached hydrogens (tertiary/aromatic N) is 3. The summed E-state index contributed by atoms with van der Waals surface area (Å²) in [6, 6.07) is 4.15. The average molecular weight is 388 g/mol. The molecule has 3 rings (SSSR count). The second-order valence-corrected chi connectivity index (χ2v) is 7.20. The smallest absolute Gasteiger partial charge is 0.276 e. The van der Waals surface area contributed by atoms with E-state index in [1.807, 2.05) is 0 Å². The minimum Gasteiger partial charge on any atom is -0.379 e. The van der Waals surface area contributed by atoms with Crippen LogP contribution in [0.3, 0.4) is 0 Å². The highest BCUT2D eigenvalue weighted by Crippen LogP contribution is 2.37. The number of aromatic nitrogens is 2. The number of carbonyl (C=O) groups is 2. The van der Waals surface area contributed by atoms with Gasteiger partial charge in [0.05, 0.1) is 5.54 Å². The van der Waals surface area contributed by atoms with Crippen LogP contribution in [0.25, 0.3) is 0 Å². The number of nitrogens with one attached hydrogen (secondary N) is 1. The van der Waals surface area contributed by atoms with Crippen LogP contribution >= 0.6 is 11.8 Å². The number of anilines is 1. The number of hydrogen-bond donors (Lipinski definition) is 3. The van der Waals surface area contributed by atoms with Crippen LogP contribution in [0.4, 0.5) is 10.1 Å². The van der Waals surface area contributed by atoms with E-state index in [2.05, 4.69) is 20.3 Å². The fourth-order valence-electron chi connectivity index (χ4n) is 2.77. The highest BCUT2D eigenvalue weighted by molar-refractivity contribution is 8.13. The quantitative estimate of drug-likeness (QED) is 0.728. The number of aliphatic imine (C=N–C) groups is 1. The SMILES string of the molecule is C[C@@]1(c2cc(NC(=O)c3nccnc3C(N)=O)ccc2F)CCSC(N)=N1. The molecule has 140 valence electrons. The van der Waals surface area contributed by atoms with Crippen molar-refractivity contribution in [1.29, 1.82) is 0 Å². The summed E-state index contributed by atoms with van der Waals surface area (Å²) in [5.41, 5.74) is 10.4. The Morgan fingerprint density at radius 1 is 1.26 bits per heavy atom. The Balaban J connectivity index is 1.93. The minimum absolute atomic E-state index is 0.210. The molecule has 2 amide bonds. The molecule has 0 bridgehead atoms. The maximum Gasteiger partial charge on any atom is 0.276 e. The number of nitrogens with two attached hydrogens (primary N) is 2. The lowest BCUT2D eigenvalue weighted by Gasteiger charge is -2.30. The second-order valence-electron chi connectivity index (χ2n) is 6.09. The summed E-state index contributed by atoms with van der Waals surface area (Å²) in [6.45, 7) is 1.79. The van der Waals surface area contributed by atoms with Crippen molar-refractivity contribution in [2.24, 2.45) is 16.5 Å². The molecule has 1 aromatic heterocycles. The summed E-state index contributed by atoms with van der Waals surface area (Å²) < 4.78 is 14.4. The average Bonchev–Trinajstić information content (AvgIpc) is 2.63. The number of amidine groups is 1. The maximum absolute atomic E-state index is 14.4. The zero-order chi connectivity index (χ0) is 19.6. The van der Waals surface area contributed by atoms with Gasteiger partial charge in [0.1, 0.15) is 5.82 Å². The third-order valence-corrected chi connectivity index (χ3v) is 4.94. The molecular formula is C17H17FN6O2S. The van der Waals surface area contributed by atoms with Crippen LogP contribution < -0.4 is 16.8 Å². The minimum atomic E-state index is -0.870. The first-order valence-electron chi connectivity index (χ1n) is 8.00. The van der Waals surface area contributed by atoms with Gasteiger partial charge >= 0.3 is 0 Å². The number of amides is 2. The monoisotopic (exact) mass is 388 g/mol. The Morgan fingerprint density at radius 2 is 1.96 bits per heavy atom. The summed E-state index contributed by atoms with van der Waals surface area (Å²) in [7, 11) is 0. The van der Waals surface area contributed by atoms with Gasteiger partial charge in [-0.1, -0.05) is 11.8 Å². The topological polar surface area (TPSA) is 136 Å². The van der Waals surface area contributed by atoms with E-state index in [1.54, 1.807) is 6.92 Å². The first-order valence-corrected chi connectivity index (χ1v) is 8.99. The lowest BCUT2D eigenvalue weighted by Crippen LogP contribution is -2.30. The molecule has 0 radical (unpaired) electrons. The summed E-state index contributed by atoms with van der Waals surface area (Å²) in [5, 5.41) is 2.98. The van der Waals surface area contributed by atoms with Crippen LogP contribution in [-0.4, -0.2) is 32.7 Å². The number of carbonyl (C=O) groups excluding carboxylic acids is 2. The molecule has 0 saturated carbocycles. The molecule has 0 fully saturated rings. The van der Waals surface area contributed by atoms with Crippen molar-refractivity contribution < 1.29 is 14.0 Å².